The second-order valence-electron chi connectivity index (χ2n) is 6.63. The van der Waals surface area contributed by atoms with Crippen molar-refractivity contribution in [2.45, 2.75) is 40.2 Å². The van der Waals surface area contributed by atoms with Gasteiger partial charge in [0.2, 0.25) is 0 Å². The normalized spacial score (nSPS) is 10.8. The van der Waals surface area contributed by atoms with E-state index in [9.17, 15) is 4.79 Å². The van der Waals surface area contributed by atoms with E-state index < -0.39 is 0 Å². The minimum atomic E-state index is -0.0186. The van der Waals surface area contributed by atoms with Gasteiger partial charge in [-0.25, -0.2) is 4.79 Å². The fourth-order valence-corrected chi connectivity index (χ4v) is 3.04. The van der Waals surface area contributed by atoms with Crippen LogP contribution in [0.15, 0.2) is 54.6 Å². The van der Waals surface area contributed by atoms with E-state index in [1.165, 1.54) is 16.7 Å². The van der Waals surface area contributed by atoms with Gasteiger partial charge in [-0.05, 0) is 35.4 Å². The summed E-state index contributed by atoms with van der Waals surface area (Å²) in [5.41, 5.74) is 9.50. The Labute approximate surface area is 184 Å². The molecule has 3 N–H and O–H groups in total. The Morgan fingerprint density at radius 2 is 1.64 bits per heavy atom. The van der Waals surface area contributed by atoms with Gasteiger partial charge in [-0.2, -0.15) is 0 Å². The zero-order valence-electron chi connectivity index (χ0n) is 17.7. The van der Waals surface area contributed by atoms with Crippen molar-refractivity contribution < 1.29 is 24.8 Å². The van der Waals surface area contributed by atoms with Crippen LogP contribution in [-0.4, -0.2) is 31.1 Å². The molecule has 0 unspecified atom stereocenters. The number of benzene rings is 2. The van der Waals surface area contributed by atoms with E-state index in [1.54, 1.807) is 4.90 Å². The molecule has 0 fully saturated rings. The fraction of sp³-hybridized carbons (Fsp3) is 0.435. The molecule has 5 heteroatoms. The van der Waals surface area contributed by atoms with E-state index in [-0.39, 0.29) is 26.0 Å². The Kier molecular flexibility index (Phi) is 14.3. The van der Waals surface area contributed by atoms with Crippen molar-refractivity contribution in [2.75, 3.05) is 20.1 Å². The first-order chi connectivity index (χ1) is 13.1. The predicted molar refractivity (Wildman–Crippen MR) is 117 cm³/mol. The van der Waals surface area contributed by atoms with E-state index in [1.807, 2.05) is 51.2 Å². The number of hydrogen-bond donors (Lipinski definition) is 2. The number of carbonyl (C=O) groups excluding carboxylic acids is 1. The third-order valence-corrected chi connectivity index (χ3v) is 4.37. The Morgan fingerprint density at radius 3 is 2.25 bits per heavy atom. The van der Waals surface area contributed by atoms with E-state index in [0.717, 1.165) is 19.4 Å². The molecule has 2 rings (SSSR count). The van der Waals surface area contributed by atoms with Crippen molar-refractivity contribution >= 4 is 6.03 Å². The SMILES string of the molecule is CC.C[C@@H](Cc1ccccc1CN)CN(C)C(=O)NCCc1ccccc1.[HH].[V]. The Morgan fingerprint density at radius 1 is 1.07 bits per heavy atom. The monoisotopic (exact) mass is 422 g/mol. The molecule has 0 saturated heterocycles. The summed E-state index contributed by atoms with van der Waals surface area (Å²) in [6.07, 6.45) is 1.77. The summed E-state index contributed by atoms with van der Waals surface area (Å²) in [6, 6.07) is 18.4. The third kappa shape index (κ3) is 9.45. The predicted octanol–water partition coefficient (Wildman–Crippen LogP) is 4.48. The number of nitrogens with zero attached hydrogens (tertiary/aromatic N) is 1. The molecule has 28 heavy (non-hydrogen) atoms. The average molecular weight is 423 g/mol. The van der Waals surface area contributed by atoms with Crippen LogP contribution >= 0.6 is 0 Å². The molecule has 155 valence electrons. The third-order valence-electron chi connectivity index (χ3n) is 4.37. The van der Waals surface area contributed by atoms with Crippen molar-refractivity contribution in [3.05, 3.63) is 71.3 Å². The van der Waals surface area contributed by atoms with Crippen LogP contribution in [0.25, 0.3) is 0 Å². The first-order valence-electron chi connectivity index (χ1n) is 9.90. The van der Waals surface area contributed by atoms with Crippen LogP contribution < -0.4 is 11.1 Å². The van der Waals surface area contributed by atoms with E-state index in [2.05, 4.69) is 36.5 Å². The van der Waals surface area contributed by atoms with E-state index in [4.69, 9.17) is 5.73 Å². The smallest absolute Gasteiger partial charge is 0.317 e. The van der Waals surface area contributed by atoms with Crippen LogP contribution in [0.1, 0.15) is 38.9 Å². The number of nitrogens with two attached hydrogens (primary N) is 1. The molecule has 2 aromatic carbocycles. The van der Waals surface area contributed by atoms with Gasteiger partial charge in [0.25, 0.3) is 0 Å². The Balaban J connectivity index is 0. The van der Waals surface area contributed by atoms with Crippen molar-refractivity contribution in [2.24, 2.45) is 11.7 Å². The van der Waals surface area contributed by atoms with Crippen molar-refractivity contribution in [3.8, 4) is 0 Å². The zero-order chi connectivity index (χ0) is 20.1. The Hall–Kier alpha value is -1.75. The van der Waals surface area contributed by atoms with Crippen LogP contribution in [0.5, 0.6) is 0 Å². The average Bonchev–Trinajstić information content (AvgIpc) is 2.70. The Bertz CT molecular complexity index is 670. The second-order valence-corrected chi connectivity index (χ2v) is 6.63. The van der Waals surface area contributed by atoms with Gasteiger partial charge in [0, 0.05) is 46.7 Å². The summed E-state index contributed by atoms with van der Waals surface area (Å²) in [7, 11) is 1.85. The van der Waals surface area contributed by atoms with Crippen molar-refractivity contribution in [3.63, 3.8) is 0 Å². The maximum atomic E-state index is 12.2. The van der Waals surface area contributed by atoms with Gasteiger partial charge in [-0.15, -0.1) is 0 Å². The zero-order valence-corrected chi connectivity index (χ0v) is 19.1. The quantitative estimate of drug-likeness (QED) is 0.659. The molecule has 1 atom stereocenters. The summed E-state index contributed by atoms with van der Waals surface area (Å²) in [6.45, 7) is 8.09. The van der Waals surface area contributed by atoms with Crippen molar-refractivity contribution in [1.82, 2.24) is 10.2 Å². The number of amides is 2. The second kappa shape index (κ2) is 15.2. The molecule has 4 nitrogen and oxygen atoms in total. The number of urea groups is 1. The molecular weight excluding hydrogens is 385 g/mol. The first-order valence-corrected chi connectivity index (χ1v) is 9.90. The summed E-state index contributed by atoms with van der Waals surface area (Å²) >= 11 is 0. The number of nitrogens with one attached hydrogen (secondary N) is 1. The minimum Gasteiger partial charge on any atom is -0.338 e. The molecule has 0 aliphatic carbocycles. The first kappa shape index (κ1) is 26.3. The molecule has 1 radical (unpaired) electrons. The van der Waals surface area contributed by atoms with Gasteiger partial charge in [0.1, 0.15) is 0 Å². The van der Waals surface area contributed by atoms with Gasteiger partial charge in [-0.1, -0.05) is 75.4 Å². The molecular formula is C23H37N3OV. The minimum absolute atomic E-state index is 0. The molecule has 2 aromatic rings. The summed E-state index contributed by atoms with van der Waals surface area (Å²) < 4.78 is 0. The molecule has 0 aromatic heterocycles. The molecule has 0 aliphatic heterocycles. The number of hydrogen-bond acceptors (Lipinski definition) is 2. The van der Waals surface area contributed by atoms with Gasteiger partial charge in [-0.3, -0.25) is 0 Å². The van der Waals surface area contributed by atoms with Gasteiger partial charge >= 0.3 is 6.03 Å². The van der Waals surface area contributed by atoms with Crippen molar-refractivity contribution in [1.29, 1.82) is 0 Å². The molecule has 0 saturated carbocycles. The molecule has 0 spiro atoms. The van der Waals surface area contributed by atoms with Gasteiger partial charge in [0.15, 0.2) is 0 Å². The maximum Gasteiger partial charge on any atom is 0.317 e. The standard InChI is InChI=1S/C21H29N3O.C2H6.V.H2/c1-17(14-19-10-6-7-11-20(19)15-22)16-24(2)21(25)23-13-12-18-8-4-3-5-9-18;1-2;;/h3-11,17H,12-16,22H2,1-2H3,(H,23,25);1-2H3;;1H/t17-;;;/m0.../s1. The molecule has 0 bridgehead atoms. The largest absolute Gasteiger partial charge is 0.338 e. The fourth-order valence-electron chi connectivity index (χ4n) is 3.04. The molecule has 0 heterocycles. The number of rotatable bonds is 8. The van der Waals surface area contributed by atoms with Crippen LogP contribution in [0.2, 0.25) is 0 Å². The topological polar surface area (TPSA) is 58.4 Å². The van der Waals surface area contributed by atoms with E-state index >= 15 is 0 Å². The van der Waals surface area contributed by atoms with E-state index in [0.29, 0.717) is 19.0 Å². The van der Waals surface area contributed by atoms with Crippen LogP contribution in [0.4, 0.5) is 4.79 Å². The van der Waals surface area contributed by atoms with Crippen LogP contribution in [0.3, 0.4) is 0 Å². The van der Waals surface area contributed by atoms with Crippen LogP contribution in [0, 0.1) is 5.92 Å². The van der Waals surface area contributed by atoms with Crippen LogP contribution in [-0.2, 0) is 37.9 Å². The molecule has 0 aliphatic rings. The summed E-state index contributed by atoms with van der Waals surface area (Å²) in [5, 5.41) is 2.99. The summed E-state index contributed by atoms with van der Waals surface area (Å²) in [5.74, 6) is 0.373. The maximum absolute atomic E-state index is 12.2. The van der Waals surface area contributed by atoms with Gasteiger partial charge < -0.3 is 16.0 Å². The number of carbonyl (C=O) groups is 1. The molecule has 2 amide bonds. The van der Waals surface area contributed by atoms with Gasteiger partial charge in [0.05, 0.1) is 0 Å². The summed E-state index contributed by atoms with van der Waals surface area (Å²) in [4.78, 5) is 14.0.